The van der Waals surface area contributed by atoms with E-state index in [1.165, 1.54) is 12.5 Å². The van der Waals surface area contributed by atoms with Crippen LogP contribution in [0, 0.1) is 11.8 Å². The minimum atomic E-state index is -0.688. The molecule has 2 unspecified atom stereocenters. The van der Waals surface area contributed by atoms with Gasteiger partial charge in [0.05, 0.1) is 6.61 Å². The van der Waals surface area contributed by atoms with Crippen molar-refractivity contribution < 1.29 is 14.3 Å². The summed E-state index contributed by atoms with van der Waals surface area (Å²) in [4.78, 5) is 23.5. The first-order valence-corrected chi connectivity index (χ1v) is 7.34. The number of Topliss-reactive ketones (excluding diaryl/α,β-unsaturated/α-hetero) is 1. The van der Waals surface area contributed by atoms with Crippen molar-refractivity contribution in [1.82, 2.24) is 0 Å². The molecule has 0 spiro atoms. The van der Waals surface area contributed by atoms with Crippen LogP contribution in [0.4, 0.5) is 0 Å². The molecule has 3 nitrogen and oxygen atoms in total. The van der Waals surface area contributed by atoms with Crippen molar-refractivity contribution in [3.8, 4) is 0 Å². The topological polar surface area (TPSA) is 43.4 Å². The normalized spacial score (nSPS) is 13.3. The summed E-state index contributed by atoms with van der Waals surface area (Å²) in [7, 11) is 0. The van der Waals surface area contributed by atoms with Gasteiger partial charge in [0.2, 0.25) is 0 Å². The molecular formula is C18H24O3. The maximum atomic E-state index is 11.8. The highest BCUT2D eigenvalue weighted by atomic mass is 16.5. The summed E-state index contributed by atoms with van der Waals surface area (Å²) in [5.74, 6) is -1.17. The molecule has 21 heavy (non-hydrogen) atoms. The van der Waals surface area contributed by atoms with Crippen molar-refractivity contribution in [3.63, 3.8) is 0 Å². The van der Waals surface area contributed by atoms with Crippen LogP contribution in [0.1, 0.15) is 32.8 Å². The summed E-state index contributed by atoms with van der Waals surface area (Å²) >= 11 is 0. The van der Waals surface area contributed by atoms with Gasteiger partial charge in [-0.3, -0.25) is 9.59 Å². The maximum Gasteiger partial charge on any atom is 0.316 e. The van der Waals surface area contributed by atoms with Gasteiger partial charge in [-0.25, -0.2) is 0 Å². The van der Waals surface area contributed by atoms with Gasteiger partial charge in [0.25, 0.3) is 0 Å². The van der Waals surface area contributed by atoms with Crippen LogP contribution in [-0.2, 0) is 20.7 Å². The summed E-state index contributed by atoms with van der Waals surface area (Å²) in [5.41, 5.74) is 2.21. The number of rotatable bonds is 8. The van der Waals surface area contributed by atoms with Gasteiger partial charge in [-0.2, -0.15) is 0 Å². The van der Waals surface area contributed by atoms with Crippen molar-refractivity contribution in [2.75, 3.05) is 6.61 Å². The quantitative estimate of drug-likeness (QED) is 0.417. The Kier molecular flexibility index (Phi) is 6.86. The second-order valence-corrected chi connectivity index (χ2v) is 5.37. The van der Waals surface area contributed by atoms with Gasteiger partial charge < -0.3 is 4.74 Å². The number of carbonyl (C=O) groups is 2. The maximum absolute atomic E-state index is 11.8. The molecule has 0 aromatic heterocycles. The van der Waals surface area contributed by atoms with Crippen LogP contribution in [0.2, 0.25) is 0 Å². The van der Waals surface area contributed by atoms with E-state index in [1.54, 1.807) is 6.92 Å². The monoisotopic (exact) mass is 288 g/mol. The van der Waals surface area contributed by atoms with Gasteiger partial charge in [-0.05, 0) is 38.2 Å². The number of esters is 1. The zero-order valence-corrected chi connectivity index (χ0v) is 13.1. The van der Waals surface area contributed by atoms with E-state index in [0.29, 0.717) is 13.0 Å². The van der Waals surface area contributed by atoms with Crippen LogP contribution < -0.4 is 0 Å². The number of hydrogen-bond acceptors (Lipinski definition) is 3. The fourth-order valence-electron chi connectivity index (χ4n) is 2.22. The standard InChI is InChI=1S/C18H24O3/c1-5-21-18(20)17(15(4)19)12-14(3)13(2)11-16-9-7-6-8-10-16/h6-10,14,17H,2,5,11-12H2,1,3-4H3. The first-order valence-electron chi connectivity index (χ1n) is 7.34. The Hall–Kier alpha value is -1.90. The zero-order chi connectivity index (χ0) is 15.8. The van der Waals surface area contributed by atoms with Gasteiger partial charge >= 0.3 is 5.97 Å². The minimum absolute atomic E-state index is 0.0866. The molecule has 0 heterocycles. The van der Waals surface area contributed by atoms with E-state index < -0.39 is 11.9 Å². The van der Waals surface area contributed by atoms with Crippen molar-refractivity contribution in [1.29, 1.82) is 0 Å². The molecule has 1 aromatic rings. The molecule has 0 N–H and O–H groups in total. The second-order valence-electron chi connectivity index (χ2n) is 5.37. The lowest BCUT2D eigenvalue weighted by Gasteiger charge is -2.19. The molecule has 0 saturated heterocycles. The van der Waals surface area contributed by atoms with E-state index in [4.69, 9.17) is 4.74 Å². The summed E-state index contributed by atoms with van der Waals surface area (Å²) in [6.07, 6.45) is 1.22. The molecule has 1 aromatic carbocycles. The lowest BCUT2D eigenvalue weighted by Crippen LogP contribution is -2.26. The van der Waals surface area contributed by atoms with Crippen molar-refractivity contribution >= 4 is 11.8 Å². The lowest BCUT2D eigenvalue weighted by atomic mass is 9.86. The molecule has 2 atom stereocenters. The number of ether oxygens (including phenoxy) is 1. The summed E-state index contributed by atoms with van der Waals surface area (Å²) in [5, 5.41) is 0. The SMILES string of the molecule is C=C(Cc1ccccc1)C(C)CC(C(C)=O)C(=O)OCC. The van der Waals surface area contributed by atoms with Crippen molar-refractivity contribution in [3.05, 3.63) is 48.0 Å². The molecule has 3 heteroatoms. The lowest BCUT2D eigenvalue weighted by molar-refractivity contribution is -0.151. The van der Waals surface area contributed by atoms with E-state index in [1.807, 2.05) is 37.3 Å². The summed E-state index contributed by atoms with van der Waals surface area (Å²) in [6.45, 7) is 9.58. The van der Waals surface area contributed by atoms with Gasteiger partial charge in [0.1, 0.15) is 11.7 Å². The fraction of sp³-hybridized carbons (Fsp3) is 0.444. The average Bonchev–Trinajstić information content (AvgIpc) is 2.45. The van der Waals surface area contributed by atoms with Gasteiger partial charge in [-0.15, -0.1) is 0 Å². The highest BCUT2D eigenvalue weighted by molar-refractivity contribution is 5.97. The van der Waals surface area contributed by atoms with Gasteiger partial charge in [0.15, 0.2) is 0 Å². The number of benzene rings is 1. The van der Waals surface area contributed by atoms with Crippen LogP contribution in [0.15, 0.2) is 42.5 Å². The molecule has 0 bridgehead atoms. The van der Waals surface area contributed by atoms with E-state index in [0.717, 1.165) is 12.0 Å². The summed E-state index contributed by atoms with van der Waals surface area (Å²) < 4.78 is 4.97. The van der Waals surface area contributed by atoms with Crippen LogP contribution in [-0.4, -0.2) is 18.4 Å². The molecule has 0 aliphatic heterocycles. The summed E-state index contributed by atoms with van der Waals surface area (Å²) in [6, 6.07) is 10.0. The second kappa shape index (κ2) is 8.40. The number of hydrogen-bond donors (Lipinski definition) is 0. The first kappa shape index (κ1) is 17.2. The van der Waals surface area contributed by atoms with E-state index >= 15 is 0 Å². The molecule has 0 amide bonds. The molecule has 0 aliphatic rings. The zero-order valence-electron chi connectivity index (χ0n) is 13.1. The third-order valence-corrected chi connectivity index (χ3v) is 3.62. The Morgan fingerprint density at radius 2 is 1.86 bits per heavy atom. The fourth-order valence-corrected chi connectivity index (χ4v) is 2.22. The molecule has 0 radical (unpaired) electrons. The molecule has 114 valence electrons. The Morgan fingerprint density at radius 1 is 1.24 bits per heavy atom. The number of allylic oxidation sites excluding steroid dienone is 1. The predicted molar refractivity (Wildman–Crippen MR) is 83.9 cm³/mol. The van der Waals surface area contributed by atoms with Crippen LogP contribution in [0.3, 0.4) is 0 Å². The molecule has 0 aliphatic carbocycles. The van der Waals surface area contributed by atoms with Crippen LogP contribution >= 0.6 is 0 Å². The van der Waals surface area contributed by atoms with Gasteiger partial charge in [-0.1, -0.05) is 49.4 Å². The molecule has 0 saturated carbocycles. The average molecular weight is 288 g/mol. The Morgan fingerprint density at radius 3 is 2.38 bits per heavy atom. The highest BCUT2D eigenvalue weighted by Gasteiger charge is 2.27. The third kappa shape index (κ3) is 5.54. The Bertz CT molecular complexity index is 490. The van der Waals surface area contributed by atoms with E-state index in [-0.39, 0.29) is 11.7 Å². The van der Waals surface area contributed by atoms with Crippen molar-refractivity contribution in [2.24, 2.45) is 11.8 Å². The highest BCUT2D eigenvalue weighted by Crippen LogP contribution is 2.23. The first-order chi connectivity index (χ1) is 9.95. The Labute approximate surface area is 127 Å². The van der Waals surface area contributed by atoms with Crippen LogP contribution in [0.25, 0.3) is 0 Å². The predicted octanol–water partition coefficient (Wildman–Crippen LogP) is 3.58. The largest absolute Gasteiger partial charge is 0.465 e. The Balaban J connectivity index is 2.64. The van der Waals surface area contributed by atoms with E-state index in [9.17, 15) is 9.59 Å². The van der Waals surface area contributed by atoms with Crippen molar-refractivity contribution in [2.45, 2.75) is 33.6 Å². The molecule has 0 fully saturated rings. The van der Waals surface area contributed by atoms with Gasteiger partial charge in [0, 0.05) is 0 Å². The number of carbonyl (C=O) groups excluding carboxylic acids is 2. The van der Waals surface area contributed by atoms with Crippen LogP contribution in [0.5, 0.6) is 0 Å². The number of ketones is 1. The van der Waals surface area contributed by atoms with E-state index in [2.05, 4.69) is 6.58 Å². The molecule has 1 rings (SSSR count). The smallest absolute Gasteiger partial charge is 0.316 e. The third-order valence-electron chi connectivity index (χ3n) is 3.62. The molecular weight excluding hydrogens is 264 g/mol. The minimum Gasteiger partial charge on any atom is -0.465 e.